The van der Waals surface area contributed by atoms with Gasteiger partial charge in [-0.05, 0) is 43.4 Å². The van der Waals surface area contributed by atoms with Crippen LogP contribution in [0.4, 0.5) is 0 Å². The number of hydrogen-bond acceptors (Lipinski definition) is 2. The van der Waals surface area contributed by atoms with Crippen molar-refractivity contribution in [1.29, 1.82) is 0 Å². The van der Waals surface area contributed by atoms with E-state index >= 15 is 0 Å². The van der Waals surface area contributed by atoms with Crippen molar-refractivity contribution in [3.8, 4) is 0 Å². The first-order valence-electron chi connectivity index (χ1n) is 7.18. The van der Waals surface area contributed by atoms with Crippen molar-refractivity contribution < 1.29 is 9.53 Å². The highest BCUT2D eigenvalue weighted by molar-refractivity contribution is 5.81. The van der Waals surface area contributed by atoms with E-state index in [4.69, 9.17) is 4.74 Å². The van der Waals surface area contributed by atoms with E-state index in [1.807, 2.05) is 0 Å². The molecule has 0 heterocycles. The SMILES string of the molecule is C=CC(=O)OC1(CCCC)CC(C)CC(C)(C)C1. The van der Waals surface area contributed by atoms with Gasteiger partial charge in [0.05, 0.1) is 0 Å². The maximum atomic E-state index is 11.6. The van der Waals surface area contributed by atoms with Gasteiger partial charge in [0.15, 0.2) is 0 Å². The van der Waals surface area contributed by atoms with Crippen molar-refractivity contribution in [2.45, 2.75) is 71.8 Å². The molecule has 0 spiro atoms. The molecule has 1 rings (SSSR count). The quantitative estimate of drug-likeness (QED) is 0.532. The number of carbonyl (C=O) groups excluding carboxylic acids is 1. The second-order valence-corrected chi connectivity index (χ2v) is 6.77. The third-order valence-corrected chi connectivity index (χ3v) is 3.89. The van der Waals surface area contributed by atoms with Crippen molar-refractivity contribution in [3.05, 3.63) is 12.7 Å². The Bertz CT molecular complexity index is 306. The van der Waals surface area contributed by atoms with Crippen LogP contribution in [-0.4, -0.2) is 11.6 Å². The molecular formula is C16H28O2. The van der Waals surface area contributed by atoms with Crippen LogP contribution in [-0.2, 0) is 9.53 Å². The summed E-state index contributed by atoms with van der Waals surface area (Å²) in [4.78, 5) is 11.6. The number of unbranched alkanes of at least 4 members (excludes halogenated alkanes) is 1. The Hall–Kier alpha value is -0.790. The Balaban J connectivity index is 2.87. The third-order valence-electron chi connectivity index (χ3n) is 3.89. The van der Waals surface area contributed by atoms with Crippen LogP contribution in [0.2, 0.25) is 0 Å². The van der Waals surface area contributed by atoms with Gasteiger partial charge in [0.25, 0.3) is 0 Å². The van der Waals surface area contributed by atoms with Crippen LogP contribution in [0.1, 0.15) is 66.2 Å². The first kappa shape index (κ1) is 15.3. The van der Waals surface area contributed by atoms with E-state index in [1.165, 1.54) is 12.5 Å². The van der Waals surface area contributed by atoms with Crippen LogP contribution >= 0.6 is 0 Å². The summed E-state index contributed by atoms with van der Waals surface area (Å²) in [7, 11) is 0. The smallest absolute Gasteiger partial charge is 0.330 e. The van der Waals surface area contributed by atoms with Crippen LogP contribution in [0, 0.1) is 11.3 Å². The molecule has 0 saturated heterocycles. The minimum Gasteiger partial charge on any atom is -0.456 e. The third kappa shape index (κ3) is 4.15. The zero-order valence-electron chi connectivity index (χ0n) is 12.4. The van der Waals surface area contributed by atoms with Gasteiger partial charge in [-0.1, -0.05) is 40.7 Å². The lowest BCUT2D eigenvalue weighted by Gasteiger charge is -2.47. The molecule has 2 unspecified atom stereocenters. The molecule has 0 radical (unpaired) electrons. The second kappa shape index (κ2) is 5.90. The molecule has 0 aromatic heterocycles. The summed E-state index contributed by atoms with van der Waals surface area (Å²) in [5, 5.41) is 0. The number of ether oxygens (including phenoxy) is 1. The summed E-state index contributed by atoms with van der Waals surface area (Å²) in [6.45, 7) is 12.5. The second-order valence-electron chi connectivity index (χ2n) is 6.77. The van der Waals surface area contributed by atoms with E-state index in [2.05, 4.69) is 34.3 Å². The lowest BCUT2D eigenvalue weighted by molar-refractivity contribution is -0.165. The van der Waals surface area contributed by atoms with Crippen LogP contribution in [0.5, 0.6) is 0 Å². The van der Waals surface area contributed by atoms with E-state index in [0.717, 1.165) is 32.1 Å². The fraction of sp³-hybridized carbons (Fsp3) is 0.812. The highest BCUT2D eigenvalue weighted by Gasteiger charge is 2.44. The Morgan fingerprint density at radius 2 is 2.11 bits per heavy atom. The van der Waals surface area contributed by atoms with Crippen LogP contribution in [0.3, 0.4) is 0 Å². The van der Waals surface area contributed by atoms with Gasteiger partial charge in [0.1, 0.15) is 5.60 Å². The van der Waals surface area contributed by atoms with Crippen molar-refractivity contribution in [2.24, 2.45) is 11.3 Å². The zero-order valence-corrected chi connectivity index (χ0v) is 12.4. The molecule has 2 atom stereocenters. The van der Waals surface area contributed by atoms with Crippen molar-refractivity contribution in [1.82, 2.24) is 0 Å². The van der Waals surface area contributed by atoms with E-state index in [-0.39, 0.29) is 17.0 Å². The first-order valence-corrected chi connectivity index (χ1v) is 7.18. The zero-order chi connectivity index (χ0) is 13.8. The summed E-state index contributed by atoms with van der Waals surface area (Å²) in [6.07, 6.45) is 7.72. The predicted molar refractivity (Wildman–Crippen MR) is 75.3 cm³/mol. The standard InChI is InChI=1S/C16H28O2/c1-6-8-9-16(18-14(17)7-2)11-13(3)10-15(4,5)12-16/h7,13H,2,6,8-12H2,1,3-5H3. The van der Waals surface area contributed by atoms with E-state index < -0.39 is 0 Å². The molecule has 0 bridgehead atoms. The van der Waals surface area contributed by atoms with Crippen molar-refractivity contribution in [2.75, 3.05) is 0 Å². The van der Waals surface area contributed by atoms with E-state index in [9.17, 15) is 4.79 Å². The number of esters is 1. The highest BCUT2D eigenvalue weighted by atomic mass is 16.6. The number of hydrogen-bond donors (Lipinski definition) is 0. The Morgan fingerprint density at radius 1 is 1.44 bits per heavy atom. The molecule has 0 aliphatic heterocycles. The summed E-state index contributed by atoms with van der Waals surface area (Å²) in [5.74, 6) is 0.347. The van der Waals surface area contributed by atoms with Crippen molar-refractivity contribution in [3.63, 3.8) is 0 Å². The molecule has 1 saturated carbocycles. The highest BCUT2D eigenvalue weighted by Crippen LogP contribution is 2.47. The monoisotopic (exact) mass is 252 g/mol. The Labute approximate surface area is 112 Å². The lowest BCUT2D eigenvalue weighted by atomic mass is 9.64. The molecule has 0 aromatic rings. The van der Waals surface area contributed by atoms with E-state index in [1.54, 1.807) is 0 Å². The van der Waals surface area contributed by atoms with Crippen molar-refractivity contribution >= 4 is 5.97 Å². The largest absolute Gasteiger partial charge is 0.456 e. The maximum absolute atomic E-state index is 11.6. The fourth-order valence-electron chi connectivity index (χ4n) is 3.74. The molecule has 1 aliphatic rings. The first-order chi connectivity index (χ1) is 8.32. The van der Waals surface area contributed by atoms with E-state index in [0.29, 0.717) is 5.92 Å². The molecule has 0 aromatic carbocycles. The molecule has 0 amide bonds. The molecule has 1 aliphatic carbocycles. The molecule has 1 fully saturated rings. The van der Waals surface area contributed by atoms with Gasteiger partial charge in [-0.25, -0.2) is 4.79 Å². The summed E-state index contributed by atoms with van der Waals surface area (Å²) >= 11 is 0. The van der Waals surface area contributed by atoms with Gasteiger partial charge in [-0.3, -0.25) is 0 Å². The van der Waals surface area contributed by atoms with Crippen LogP contribution in [0.25, 0.3) is 0 Å². The topological polar surface area (TPSA) is 26.3 Å². The summed E-state index contributed by atoms with van der Waals surface area (Å²) in [5.41, 5.74) is -0.00465. The predicted octanol–water partition coefficient (Wildman–Crippen LogP) is 4.49. The molecule has 0 N–H and O–H groups in total. The number of carbonyl (C=O) groups is 1. The van der Waals surface area contributed by atoms with Gasteiger partial charge >= 0.3 is 5.97 Å². The van der Waals surface area contributed by atoms with Gasteiger partial charge in [0.2, 0.25) is 0 Å². The van der Waals surface area contributed by atoms with Crippen LogP contribution in [0.15, 0.2) is 12.7 Å². The molecule has 2 heteroatoms. The van der Waals surface area contributed by atoms with Gasteiger partial charge < -0.3 is 4.74 Å². The summed E-state index contributed by atoms with van der Waals surface area (Å²) < 4.78 is 5.78. The average molecular weight is 252 g/mol. The molecule has 18 heavy (non-hydrogen) atoms. The average Bonchev–Trinajstić information content (AvgIpc) is 2.23. The minimum absolute atomic E-state index is 0.257. The Morgan fingerprint density at radius 3 is 2.61 bits per heavy atom. The van der Waals surface area contributed by atoms with Crippen LogP contribution < -0.4 is 0 Å². The maximum Gasteiger partial charge on any atom is 0.330 e. The van der Waals surface area contributed by atoms with Gasteiger partial charge in [0, 0.05) is 6.08 Å². The molecule has 2 nitrogen and oxygen atoms in total. The number of rotatable bonds is 5. The van der Waals surface area contributed by atoms with Gasteiger partial charge in [-0.2, -0.15) is 0 Å². The fourth-order valence-corrected chi connectivity index (χ4v) is 3.74. The van der Waals surface area contributed by atoms with Gasteiger partial charge in [-0.15, -0.1) is 0 Å². The normalized spacial score (nSPS) is 30.8. The molecular weight excluding hydrogens is 224 g/mol. The molecule has 104 valence electrons. The lowest BCUT2D eigenvalue weighted by Crippen LogP contribution is -2.45. The minimum atomic E-state index is -0.268. The summed E-state index contributed by atoms with van der Waals surface area (Å²) in [6, 6.07) is 0. The Kier molecular flexibility index (Phi) is 5.01.